The van der Waals surface area contributed by atoms with E-state index in [-0.39, 0.29) is 0 Å². The van der Waals surface area contributed by atoms with Crippen molar-refractivity contribution in [1.29, 1.82) is 0 Å². The molecule has 11 heteroatoms. The predicted molar refractivity (Wildman–Crippen MR) is 66.7 cm³/mol. The number of halogens is 3. The first-order valence-corrected chi connectivity index (χ1v) is 8.78. The molecule has 0 amide bonds. The summed E-state index contributed by atoms with van der Waals surface area (Å²) in [7, 11) is -8.36. The molecule has 0 aliphatic heterocycles. The summed E-state index contributed by atoms with van der Waals surface area (Å²) >= 11 is 0. The molecular weight excluding hydrogens is 335 g/mol. The highest BCUT2D eigenvalue weighted by atomic mass is 32.2. The van der Waals surface area contributed by atoms with Gasteiger partial charge in [-0.15, -0.1) is 0 Å². The van der Waals surface area contributed by atoms with Crippen molar-refractivity contribution in [3.8, 4) is 0 Å². The number of hydrogen-bond donors (Lipinski definition) is 2. The van der Waals surface area contributed by atoms with Gasteiger partial charge in [0.15, 0.2) is 9.84 Å². The normalized spacial score (nSPS) is 14.4. The minimum atomic E-state index is -4.59. The molecular formula is C10H12F3NO5S2. The van der Waals surface area contributed by atoms with Gasteiger partial charge in [-0.2, -0.15) is 0 Å². The van der Waals surface area contributed by atoms with Crippen LogP contribution in [0.4, 0.5) is 13.2 Å². The average Bonchev–Trinajstić information content (AvgIpc) is 2.34. The fourth-order valence-electron chi connectivity index (χ4n) is 1.28. The van der Waals surface area contributed by atoms with Crippen LogP contribution in [0, 0.1) is 5.82 Å². The summed E-state index contributed by atoms with van der Waals surface area (Å²) in [6.45, 7) is -1.04. The summed E-state index contributed by atoms with van der Waals surface area (Å²) in [4.78, 5) is -1.45. The van der Waals surface area contributed by atoms with Crippen LogP contribution in [0.1, 0.15) is 0 Å². The van der Waals surface area contributed by atoms with Crippen molar-refractivity contribution in [3.63, 3.8) is 0 Å². The van der Waals surface area contributed by atoms with E-state index in [0.29, 0.717) is 12.1 Å². The summed E-state index contributed by atoms with van der Waals surface area (Å²) in [5, 5.41) is 8.82. The van der Waals surface area contributed by atoms with E-state index >= 15 is 0 Å². The molecule has 1 unspecified atom stereocenters. The van der Waals surface area contributed by atoms with E-state index in [1.807, 2.05) is 0 Å². The van der Waals surface area contributed by atoms with Crippen molar-refractivity contribution in [1.82, 2.24) is 4.72 Å². The lowest BCUT2D eigenvalue weighted by Gasteiger charge is -2.12. The van der Waals surface area contributed by atoms with Crippen molar-refractivity contribution >= 4 is 19.9 Å². The van der Waals surface area contributed by atoms with Gasteiger partial charge in [-0.05, 0) is 18.2 Å². The minimum absolute atomic E-state index is 0.446. The number of hydrogen-bond acceptors (Lipinski definition) is 5. The second-order valence-electron chi connectivity index (χ2n) is 4.12. The maximum absolute atomic E-state index is 13.5. The van der Waals surface area contributed by atoms with E-state index in [9.17, 15) is 30.0 Å². The molecule has 0 fully saturated rings. The fourth-order valence-corrected chi connectivity index (χ4v) is 3.16. The lowest BCUT2D eigenvalue weighted by Crippen LogP contribution is -2.36. The monoisotopic (exact) mass is 347 g/mol. The highest BCUT2D eigenvalue weighted by molar-refractivity contribution is 7.91. The zero-order chi connectivity index (χ0) is 16.4. The van der Waals surface area contributed by atoms with Gasteiger partial charge in [0.2, 0.25) is 10.0 Å². The number of aliphatic hydroxyl groups is 1. The Balaban J connectivity index is 3.14. The predicted octanol–water partition coefficient (Wildman–Crippen LogP) is 0.134. The molecule has 21 heavy (non-hydrogen) atoms. The maximum atomic E-state index is 13.5. The van der Waals surface area contributed by atoms with E-state index in [0.717, 1.165) is 12.3 Å². The van der Waals surface area contributed by atoms with Crippen LogP contribution >= 0.6 is 0 Å². The number of alkyl halides is 2. The zero-order valence-corrected chi connectivity index (χ0v) is 12.3. The summed E-state index contributed by atoms with van der Waals surface area (Å²) in [5.74, 6) is -1.25. The van der Waals surface area contributed by atoms with E-state index in [1.165, 1.54) is 0 Å². The van der Waals surface area contributed by atoms with Crippen LogP contribution in [0.15, 0.2) is 28.0 Å². The van der Waals surface area contributed by atoms with E-state index in [4.69, 9.17) is 5.11 Å². The van der Waals surface area contributed by atoms with Crippen molar-refractivity contribution in [2.24, 2.45) is 0 Å². The Labute approximate surface area is 119 Å². The van der Waals surface area contributed by atoms with Gasteiger partial charge in [0.1, 0.15) is 16.8 Å². The van der Waals surface area contributed by atoms with Crippen LogP contribution in [-0.4, -0.2) is 47.3 Å². The second kappa shape index (κ2) is 6.30. The number of benzene rings is 1. The smallest absolute Gasteiger partial charge is 0.265 e. The van der Waals surface area contributed by atoms with Crippen molar-refractivity contribution in [2.75, 3.05) is 12.8 Å². The maximum Gasteiger partial charge on any atom is 0.265 e. The average molecular weight is 347 g/mol. The quantitative estimate of drug-likeness (QED) is 0.713. The van der Waals surface area contributed by atoms with Gasteiger partial charge in [-0.1, -0.05) is 0 Å². The molecule has 0 aliphatic carbocycles. The number of sulfonamides is 1. The Morgan fingerprint density at radius 2 is 1.81 bits per heavy atom. The van der Waals surface area contributed by atoms with Gasteiger partial charge in [0.25, 0.3) is 6.43 Å². The molecule has 0 saturated heterocycles. The number of rotatable bonds is 6. The molecule has 0 aromatic heterocycles. The van der Waals surface area contributed by atoms with E-state index < -0.39 is 54.5 Å². The Kier molecular flexibility index (Phi) is 5.36. The molecule has 0 saturated carbocycles. The Bertz CT molecular complexity index is 718. The fraction of sp³-hybridized carbons (Fsp3) is 0.400. The van der Waals surface area contributed by atoms with Crippen LogP contribution < -0.4 is 4.72 Å². The molecule has 2 N–H and O–H groups in total. The first-order valence-electron chi connectivity index (χ1n) is 5.40. The van der Waals surface area contributed by atoms with Gasteiger partial charge >= 0.3 is 0 Å². The van der Waals surface area contributed by atoms with Gasteiger partial charge in [0, 0.05) is 12.8 Å². The van der Waals surface area contributed by atoms with Crippen LogP contribution in [0.5, 0.6) is 0 Å². The SMILES string of the molecule is CS(=O)(=O)c1ccc(F)c(S(=O)(=O)NCC(O)C(F)F)c1. The molecule has 0 aliphatic rings. The molecule has 0 heterocycles. The van der Waals surface area contributed by atoms with Crippen LogP contribution in [0.2, 0.25) is 0 Å². The zero-order valence-electron chi connectivity index (χ0n) is 10.6. The molecule has 1 aromatic rings. The first kappa shape index (κ1) is 17.9. The molecule has 120 valence electrons. The minimum Gasteiger partial charge on any atom is -0.386 e. The lowest BCUT2D eigenvalue weighted by molar-refractivity contribution is -0.000456. The third-order valence-corrected chi connectivity index (χ3v) is 4.94. The molecule has 0 radical (unpaired) electrons. The Hall–Kier alpha value is -1.17. The third kappa shape index (κ3) is 4.66. The van der Waals surface area contributed by atoms with Crippen molar-refractivity contribution in [3.05, 3.63) is 24.0 Å². The summed E-state index contributed by atoms with van der Waals surface area (Å²) in [6, 6.07) is 2.08. The summed E-state index contributed by atoms with van der Waals surface area (Å²) in [6.07, 6.45) is -4.65. The van der Waals surface area contributed by atoms with Gasteiger partial charge < -0.3 is 5.11 Å². The Morgan fingerprint density at radius 3 is 2.29 bits per heavy atom. The molecule has 1 atom stereocenters. The largest absolute Gasteiger partial charge is 0.386 e. The van der Waals surface area contributed by atoms with Gasteiger partial charge in [-0.25, -0.2) is 34.7 Å². The standard InChI is InChI=1S/C10H12F3NO5S2/c1-20(16,17)6-2-3-7(11)9(4-6)21(18,19)14-5-8(15)10(12)13/h2-4,8,10,14-15H,5H2,1H3. The highest BCUT2D eigenvalue weighted by Crippen LogP contribution is 2.19. The van der Waals surface area contributed by atoms with Gasteiger partial charge in [0.05, 0.1) is 4.90 Å². The number of aliphatic hydroxyl groups excluding tert-OH is 1. The second-order valence-corrected chi connectivity index (χ2v) is 7.87. The molecule has 1 rings (SSSR count). The molecule has 0 spiro atoms. The van der Waals surface area contributed by atoms with Crippen molar-refractivity contribution in [2.45, 2.75) is 22.3 Å². The lowest BCUT2D eigenvalue weighted by atomic mass is 10.3. The van der Waals surface area contributed by atoms with Crippen molar-refractivity contribution < 1.29 is 35.1 Å². The summed E-state index contributed by atoms with van der Waals surface area (Å²) in [5.41, 5.74) is 0. The molecule has 6 nitrogen and oxygen atoms in total. The first-order chi connectivity index (χ1) is 9.45. The Morgan fingerprint density at radius 1 is 1.24 bits per heavy atom. The van der Waals surface area contributed by atoms with E-state index in [1.54, 1.807) is 4.72 Å². The van der Waals surface area contributed by atoms with Crippen LogP contribution in [-0.2, 0) is 19.9 Å². The summed E-state index contributed by atoms with van der Waals surface area (Å²) < 4.78 is 85.3. The molecule has 1 aromatic carbocycles. The highest BCUT2D eigenvalue weighted by Gasteiger charge is 2.25. The van der Waals surface area contributed by atoms with Crippen LogP contribution in [0.25, 0.3) is 0 Å². The van der Waals surface area contributed by atoms with E-state index in [2.05, 4.69) is 0 Å². The van der Waals surface area contributed by atoms with Crippen LogP contribution in [0.3, 0.4) is 0 Å². The number of sulfone groups is 1. The number of nitrogens with one attached hydrogen (secondary N) is 1. The van der Waals surface area contributed by atoms with Gasteiger partial charge in [-0.3, -0.25) is 0 Å². The third-order valence-electron chi connectivity index (χ3n) is 2.39. The topological polar surface area (TPSA) is 101 Å². The molecule has 0 bridgehead atoms.